The van der Waals surface area contributed by atoms with E-state index in [1.807, 2.05) is 0 Å². The lowest BCUT2D eigenvalue weighted by Crippen LogP contribution is -2.15. The lowest BCUT2D eigenvalue weighted by Gasteiger charge is -2.06. The number of nitrogens with zero attached hydrogens (tertiary/aromatic N) is 1. The van der Waals surface area contributed by atoms with E-state index < -0.39 is 0 Å². The first kappa shape index (κ1) is 12.2. The van der Waals surface area contributed by atoms with Crippen LogP contribution in [0.5, 0.6) is 0 Å². The van der Waals surface area contributed by atoms with Crippen molar-refractivity contribution in [3.8, 4) is 0 Å². The first-order chi connectivity index (χ1) is 8.00. The molecule has 1 aromatic carbocycles. The molecule has 1 atom stereocenters. The van der Waals surface area contributed by atoms with Gasteiger partial charge >= 0.3 is 0 Å². The van der Waals surface area contributed by atoms with Crippen LogP contribution < -0.4 is 5.73 Å². The number of nitrogens with two attached hydrogens (primary N) is 1. The van der Waals surface area contributed by atoms with Gasteiger partial charge < -0.3 is 10.3 Å². The number of hydrogen-bond acceptors (Lipinski definition) is 1. The SMILES string of the molecule is Cc1ccc(C)c2c1c(CCC(C)N)cn2C. The molecule has 0 saturated heterocycles. The van der Waals surface area contributed by atoms with E-state index in [4.69, 9.17) is 5.73 Å². The Balaban J connectivity index is 2.54. The van der Waals surface area contributed by atoms with Gasteiger partial charge in [-0.2, -0.15) is 0 Å². The molecule has 0 bridgehead atoms. The molecule has 2 rings (SSSR count). The second-order valence-electron chi connectivity index (χ2n) is 5.20. The third kappa shape index (κ3) is 2.22. The maximum Gasteiger partial charge on any atom is 0.0512 e. The van der Waals surface area contributed by atoms with Gasteiger partial charge in [0.15, 0.2) is 0 Å². The zero-order valence-electron chi connectivity index (χ0n) is 11.2. The summed E-state index contributed by atoms with van der Waals surface area (Å²) in [5, 5.41) is 1.42. The van der Waals surface area contributed by atoms with Gasteiger partial charge in [0, 0.05) is 24.7 Å². The van der Waals surface area contributed by atoms with Crippen LogP contribution in [0.15, 0.2) is 18.3 Å². The molecule has 0 amide bonds. The van der Waals surface area contributed by atoms with Crippen molar-refractivity contribution in [1.29, 1.82) is 0 Å². The number of benzene rings is 1. The molecule has 0 radical (unpaired) electrons. The summed E-state index contributed by atoms with van der Waals surface area (Å²) in [4.78, 5) is 0. The van der Waals surface area contributed by atoms with E-state index in [1.165, 1.54) is 27.6 Å². The van der Waals surface area contributed by atoms with Gasteiger partial charge in [-0.15, -0.1) is 0 Å². The second kappa shape index (κ2) is 4.53. The molecule has 2 N–H and O–H groups in total. The predicted octanol–water partition coefficient (Wildman–Crippen LogP) is 3.07. The summed E-state index contributed by atoms with van der Waals surface area (Å²) >= 11 is 0. The summed E-state index contributed by atoms with van der Waals surface area (Å²) in [6, 6.07) is 4.69. The van der Waals surface area contributed by atoms with E-state index in [0.29, 0.717) is 0 Å². The Morgan fingerprint density at radius 1 is 1.24 bits per heavy atom. The average molecular weight is 230 g/mol. The van der Waals surface area contributed by atoms with Crippen molar-refractivity contribution in [3.05, 3.63) is 35.0 Å². The molecule has 2 nitrogen and oxygen atoms in total. The number of fused-ring (bicyclic) bond motifs is 1. The van der Waals surface area contributed by atoms with E-state index in [9.17, 15) is 0 Å². The first-order valence-corrected chi connectivity index (χ1v) is 6.30. The van der Waals surface area contributed by atoms with Crippen molar-refractivity contribution < 1.29 is 0 Å². The van der Waals surface area contributed by atoms with Crippen molar-refractivity contribution in [3.63, 3.8) is 0 Å². The Morgan fingerprint density at radius 3 is 2.53 bits per heavy atom. The molecule has 92 valence electrons. The minimum atomic E-state index is 0.273. The number of aryl methyl sites for hydroxylation is 4. The highest BCUT2D eigenvalue weighted by atomic mass is 14.9. The molecular weight excluding hydrogens is 208 g/mol. The second-order valence-corrected chi connectivity index (χ2v) is 5.20. The van der Waals surface area contributed by atoms with Crippen LogP contribution in [0.1, 0.15) is 30.0 Å². The van der Waals surface area contributed by atoms with Gasteiger partial charge in [0.2, 0.25) is 0 Å². The molecule has 0 saturated carbocycles. The largest absolute Gasteiger partial charge is 0.350 e. The molecule has 2 aromatic rings. The lowest BCUT2D eigenvalue weighted by molar-refractivity contribution is 0.667. The van der Waals surface area contributed by atoms with Gasteiger partial charge in [-0.3, -0.25) is 0 Å². The summed E-state index contributed by atoms with van der Waals surface area (Å²) in [6.07, 6.45) is 4.37. The van der Waals surface area contributed by atoms with Crippen LogP contribution in [0.4, 0.5) is 0 Å². The van der Waals surface area contributed by atoms with E-state index in [0.717, 1.165) is 12.8 Å². The van der Waals surface area contributed by atoms with Gasteiger partial charge in [-0.1, -0.05) is 12.1 Å². The van der Waals surface area contributed by atoms with Crippen LogP contribution in [0, 0.1) is 13.8 Å². The molecule has 1 aromatic heterocycles. The zero-order valence-corrected chi connectivity index (χ0v) is 11.2. The van der Waals surface area contributed by atoms with Gasteiger partial charge in [-0.05, 0) is 50.3 Å². The molecule has 0 fully saturated rings. The minimum Gasteiger partial charge on any atom is -0.350 e. The van der Waals surface area contributed by atoms with E-state index >= 15 is 0 Å². The van der Waals surface area contributed by atoms with Crippen molar-refractivity contribution in [2.24, 2.45) is 12.8 Å². The first-order valence-electron chi connectivity index (χ1n) is 6.30. The molecular formula is C15H22N2. The number of aromatic nitrogens is 1. The maximum atomic E-state index is 5.85. The van der Waals surface area contributed by atoms with Gasteiger partial charge in [-0.25, -0.2) is 0 Å². The fraction of sp³-hybridized carbons (Fsp3) is 0.467. The van der Waals surface area contributed by atoms with E-state index in [1.54, 1.807) is 0 Å². The summed E-state index contributed by atoms with van der Waals surface area (Å²) < 4.78 is 2.24. The highest BCUT2D eigenvalue weighted by Crippen LogP contribution is 2.28. The van der Waals surface area contributed by atoms with Gasteiger partial charge in [0.25, 0.3) is 0 Å². The molecule has 17 heavy (non-hydrogen) atoms. The fourth-order valence-electron chi connectivity index (χ4n) is 2.59. The highest BCUT2D eigenvalue weighted by molar-refractivity contribution is 5.89. The summed E-state index contributed by atoms with van der Waals surface area (Å²) in [6.45, 7) is 6.44. The molecule has 0 aliphatic heterocycles. The molecule has 1 unspecified atom stereocenters. The van der Waals surface area contributed by atoms with Crippen molar-refractivity contribution >= 4 is 10.9 Å². The maximum absolute atomic E-state index is 5.85. The van der Waals surface area contributed by atoms with Crippen LogP contribution in [0.3, 0.4) is 0 Å². The van der Waals surface area contributed by atoms with Crippen molar-refractivity contribution in [2.45, 2.75) is 39.7 Å². The van der Waals surface area contributed by atoms with Crippen LogP contribution in [0.2, 0.25) is 0 Å². The minimum absolute atomic E-state index is 0.273. The number of hydrogen-bond donors (Lipinski definition) is 1. The summed E-state index contributed by atoms with van der Waals surface area (Å²) in [7, 11) is 2.13. The molecule has 0 aliphatic carbocycles. The van der Waals surface area contributed by atoms with Gasteiger partial charge in [0.1, 0.15) is 0 Å². The molecule has 1 heterocycles. The number of rotatable bonds is 3. The monoisotopic (exact) mass is 230 g/mol. The van der Waals surface area contributed by atoms with Crippen LogP contribution in [-0.4, -0.2) is 10.6 Å². The Morgan fingerprint density at radius 2 is 1.88 bits per heavy atom. The van der Waals surface area contributed by atoms with Crippen molar-refractivity contribution in [1.82, 2.24) is 4.57 Å². The third-order valence-corrected chi connectivity index (χ3v) is 3.48. The highest BCUT2D eigenvalue weighted by Gasteiger charge is 2.11. The third-order valence-electron chi connectivity index (χ3n) is 3.48. The Bertz CT molecular complexity index is 535. The van der Waals surface area contributed by atoms with E-state index in [-0.39, 0.29) is 6.04 Å². The normalized spacial score (nSPS) is 13.2. The predicted molar refractivity (Wildman–Crippen MR) is 74.4 cm³/mol. The Kier molecular flexibility index (Phi) is 3.25. The molecule has 0 aliphatic rings. The topological polar surface area (TPSA) is 30.9 Å². The smallest absolute Gasteiger partial charge is 0.0512 e. The van der Waals surface area contributed by atoms with E-state index in [2.05, 4.69) is 50.7 Å². The lowest BCUT2D eigenvalue weighted by atomic mass is 10.0. The summed E-state index contributed by atoms with van der Waals surface area (Å²) in [5.41, 5.74) is 11.4. The van der Waals surface area contributed by atoms with Crippen molar-refractivity contribution in [2.75, 3.05) is 0 Å². The average Bonchev–Trinajstić information content (AvgIpc) is 2.59. The molecule has 2 heteroatoms. The molecule has 0 spiro atoms. The van der Waals surface area contributed by atoms with Crippen LogP contribution in [-0.2, 0) is 13.5 Å². The zero-order chi connectivity index (χ0) is 12.6. The summed E-state index contributed by atoms with van der Waals surface area (Å²) in [5.74, 6) is 0. The van der Waals surface area contributed by atoms with Gasteiger partial charge in [0.05, 0.1) is 5.52 Å². The Labute approximate surface area is 103 Å². The standard InChI is InChI=1S/C15H22N2/c1-10-5-6-11(2)15-14(10)13(9-17(15)4)8-7-12(3)16/h5-6,9,12H,7-8,16H2,1-4H3. The van der Waals surface area contributed by atoms with Crippen LogP contribution >= 0.6 is 0 Å². The fourth-order valence-corrected chi connectivity index (χ4v) is 2.59. The quantitative estimate of drug-likeness (QED) is 0.863. The Hall–Kier alpha value is -1.28. The van der Waals surface area contributed by atoms with Crippen LogP contribution in [0.25, 0.3) is 10.9 Å².